The molecule has 1 aliphatic rings. The Kier molecular flexibility index (Phi) is 6.29. The minimum Gasteiger partial charge on any atom is -0.496 e. The Morgan fingerprint density at radius 2 is 1.65 bits per heavy atom. The van der Waals surface area contributed by atoms with Gasteiger partial charge in [0.05, 0.1) is 19.1 Å². The predicted octanol–water partition coefficient (Wildman–Crippen LogP) is 2.85. The standard InChI is InChI=1S/C20H26N2O3S/c1-16-18(24-2)9-10-19(20(16)25-3)26(23)22-13-11-21(12-14-22)15-17-7-5-4-6-8-17/h4-10H,11-15H2,1-3H3/t26-/m0/s1. The van der Waals surface area contributed by atoms with Gasteiger partial charge in [-0.1, -0.05) is 30.3 Å². The Hall–Kier alpha value is -1.89. The van der Waals surface area contributed by atoms with Gasteiger partial charge >= 0.3 is 0 Å². The van der Waals surface area contributed by atoms with Gasteiger partial charge in [-0.25, -0.2) is 8.51 Å². The van der Waals surface area contributed by atoms with E-state index in [1.54, 1.807) is 14.2 Å². The smallest absolute Gasteiger partial charge is 0.142 e. The van der Waals surface area contributed by atoms with Gasteiger partial charge in [-0.3, -0.25) is 4.90 Å². The summed E-state index contributed by atoms with van der Waals surface area (Å²) in [7, 11) is 2.00. The number of rotatable bonds is 6. The molecule has 3 rings (SSSR count). The molecular formula is C20H26N2O3S. The first-order valence-electron chi connectivity index (χ1n) is 8.78. The van der Waals surface area contributed by atoms with Crippen molar-refractivity contribution < 1.29 is 13.7 Å². The van der Waals surface area contributed by atoms with Crippen molar-refractivity contribution in [2.45, 2.75) is 18.4 Å². The number of nitrogens with zero attached hydrogens (tertiary/aromatic N) is 2. The number of hydrogen-bond acceptors (Lipinski definition) is 4. The van der Waals surface area contributed by atoms with Gasteiger partial charge in [0.25, 0.3) is 0 Å². The molecule has 0 N–H and O–H groups in total. The highest BCUT2D eigenvalue weighted by atomic mass is 32.2. The van der Waals surface area contributed by atoms with E-state index in [0.717, 1.165) is 44.0 Å². The van der Waals surface area contributed by atoms with Crippen molar-refractivity contribution in [3.05, 3.63) is 53.6 Å². The summed E-state index contributed by atoms with van der Waals surface area (Å²) in [5, 5.41) is 0. The lowest BCUT2D eigenvalue weighted by atomic mass is 10.2. The largest absolute Gasteiger partial charge is 0.496 e. The fourth-order valence-electron chi connectivity index (χ4n) is 3.30. The van der Waals surface area contributed by atoms with Crippen LogP contribution in [-0.2, 0) is 17.5 Å². The van der Waals surface area contributed by atoms with Crippen LogP contribution >= 0.6 is 0 Å². The second kappa shape index (κ2) is 8.66. The molecule has 6 heteroatoms. The summed E-state index contributed by atoms with van der Waals surface area (Å²) in [6, 6.07) is 14.2. The molecule has 1 heterocycles. The third-order valence-electron chi connectivity index (χ3n) is 4.75. The maximum Gasteiger partial charge on any atom is 0.142 e. The van der Waals surface area contributed by atoms with Gasteiger partial charge in [-0.2, -0.15) is 0 Å². The first kappa shape index (κ1) is 18.9. The molecule has 0 amide bonds. The van der Waals surface area contributed by atoms with Crippen LogP contribution < -0.4 is 9.47 Å². The number of methoxy groups -OCH3 is 2. The summed E-state index contributed by atoms with van der Waals surface area (Å²) in [4.78, 5) is 3.11. The molecule has 1 fully saturated rings. The zero-order valence-electron chi connectivity index (χ0n) is 15.6. The lowest BCUT2D eigenvalue weighted by Gasteiger charge is -2.34. The van der Waals surface area contributed by atoms with Crippen LogP contribution in [-0.4, -0.2) is 53.8 Å². The first-order chi connectivity index (χ1) is 12.6. The first-order valence-corrected chi connectivity index (χ1v) is 9.89. The van der Waals surface area contributed by atoms with Crippen LogP contribution in [0.15, 0.2) is 47.4 Å². The van der Waals surface area contributed by atoms with Gasteiger partial charge in [0.15, 0.2) is 0 Å². The molecular weight excluding hydrogens is 348 g/mol. The van der Waals surface area contributed by atoms with Crippen molar-refractivity contribution in [1.82, 2.24) is 9.21 Å². The van der Waals surface area contributed by atoms with Crippen molar-refractivity contribution in [3.8, 4) is 11.5 Å². The van der Waals surface area contributed by atoms with Crippen molar-refractivity contribution in [2.75, 3.05) is 40.4 Å². The molecule has 1 aliphatic heterocycles. The van der Waals surface area contributed by atoms with Crippen LogP contribution in [0.5, 0.6) is 11.5 Å². The maximum atomic E-state index is 13.1. The highest BCUT2D eigenvalue weighted by Gasteiger charge is 2.25. The van der Waals surface area contributed by atoms with Gasteiger partial charge < -0.3 is 9.47 Å². The average molecular weight is 375 g/mol. The van der Waals surface area contributed by atoms with Crippen molar-refractivity contribution in [1.29, 1.82) is 0 Å². The van der Waals surface area contributed by atoms with E-state index in [9.17, 15) is 4.21 Å². The average Bonchev–Trinajstić information content (AvgIpc) is 2.68. The Balaban J connectivity index is 1.66. The monoisotopic (exact) mass is 374 g/mol. The van der Waals surface area contributed by atoms with E-state index in [1.807, 2.05) is 29.4 Å². The highest BCUT2D eigenvalue weighted by Crippen LogP contribution is 2.34. The van der Waals surface area contributed by atoms with Crippen molar-refractivity contribution in [2.24, 2.45) is 0 Å². The SMILES string of the molecule is COc1ccc([S@](=O)N2CCN(Cc3ccccc3)CC2)c(OC)c1C. The Bertz CT molecular complexity index is 759. The lowest BCUT2D eigenvalue weighted by molar-refractivity contribution is 0.185. The fraction of sp³-hybridized carbons (Fsp3) is 0.400. The molecule has 26 heavy (non-hydrogen) atoms. The highest BCUT2D eigenvalue weighted by molar-refractivity contribution is 7.82. The lowest BCUT2D eigenvalue weighted by Crippen LogP contribution is -2.46. The van der Waals surface area contributed by atoms with Gasteiger partial charge in [-0.15, -0.1) is 0 Å². The Labute approximate surface area is 158 Å². The number of hydrogen-bond donors (Lipinski definition) is 0. The summed E-state index contributed by atoms with van der Waals surface area (Å²) in [6.07, 6.45) is 0. The van der Waals surface area contributed by atoms with E-state index >= 15 is 0 Å². The third kappa shape index (κ3) is 4.09. The van der Waals surface area contributed by atoms with Gasteiger partial charge in [0.1, 0.15) is 22.5 Å². The molecule has 0 unspecified atom stereocenters. The van der Waals surface area contributed by atoms with Crippen LogP contribution in [0.1, 0.15) is 11.1 Å². The molecule has 0 aromatic heterocycles. The van der Waals surface area contributed by atoms with E-state index in [1.165, 1.54) is 5.56 Å². The van der Waals surface area contributed by atoms with Crippen LogP contribution in [0.2, 0.25) is 0 Å². The van der Waals surface area contributed by atoms with Crippen LogP contribution in [0.3, 0.4) is 0 Å². The molecule has 0 saturated carbocycles. The Morgan fingerprint density at radius 3 is 2.27 bits per heavy atom. The second-order valence-electron chi connectivity index (χ2n) is 6.36. The molecule has 0 radical (unpaired) electrons. The van der Waals surface area contributed by atoms with E-state index in [0.29, 0.717) is 10.6 Å². The van der Waals surface area contributed by atoms with Crippen LogP contribution in [0.4, 0.5) is 0 Å². The second-order valence-corrected chi connectivity index (χ2v) is 7.82. The van der Waals surface area contributed by atoms with Gasteiger partial charge in [0.2, 0.25) is 0 Å². The van der Waals surface area contributed by atoms with E-state index in [2.05, 4.69) is 29.2 Å². The number of benzene rings is 2. The minimum atomic E-state index is -1.24. The molecule has 0 aliphatic carbocycles. The maximum absolute atomic E-state index is 13.1. The summed E-state index contributed by atoms with van der Waals surface area (Å²) in [5.74, 6) is 1.39. The summed E-state index contributed by atoms with van der Waals surface area (Å²) >= 11 is 0. The van der Waals surface area contributed by atoms with E-state index in [4.69, 9.17) is 9.47 Å². The third-order valence-corrected chi connectivity index (χ3v) is 6.28. The van der Waals surface area contributed by atoms with Crippen molar-refractivity contribution >= 4 is 11.0 Å². The quantitative estimate of drug-likeness (QED) is 0.780. The summed E-state index contributed by atoms with van der Waals surface area (Å²) in [6.45, 7) is 6.21. The summed E-state index contributed by atoms with van der Waals surface area (Å²) < 4.78 is 26.0. The fourth-order valence-corrected chi connectivity index (χ4v) is 4.65. The van der Waals surface area contributed by atoms with Crippen LogP contribution in [0, 0.1) is 6.92 Å². The molecule has 1 saturated heterocycles. The predicted molar refractivity (Wildman–Crippen MR) is 104 cm³/mol. The number of ether oxygens (including phenoxy) is 2. The molecule has 2 aromatic carbocycles. The van der Waals surface area contributed by atoms with Gasteiger partial charge in [0, 0.05) is 38.3 Å². The number of piperazine rings is 1. The van der Waals surface area contributed by atoms with Gasteiger partial charge in [-0.05, 0) is 24.6 Å². The molecule has 1 atom stereocenters. The van der Waals surface area contributed by atoms with E-state index < -0.39 is 11.0 Å². The zero-order valence-corrected chi connectivity index (χ0v) is 16.4. The Morgan fingerprint density at radius 1 is 0.962 bits per heavy atom. The van der Waals surface area contributed by atoms with Crippen molar-refractivity contribution in [3.63, 3.8) is 0 Å². The minimum absolute atomic E-state index is 0.648. The zero-order chi connectivity index (χ0) is 18.5. The van der Waals surface area contributed by atoms with Crippen LogP contribution in [0.25, 0.3) is 0 Å². The van der Waals surface area contributed by atoms with E-state index in [-0.39, 0.29) is 0 Å². The molecule has 2 aromatic rings. The normalized spacial score (nSPS) is 17.0. The summed E-state index contributed by atoms with van der Waals surface area (Å²) in [5.41, 5.74) is 2.19. The molecule has 0 bridgehead atoms. The molecule has 5 nitrogen and oxygen atoms in total. The molecule has 140 valence electrons. The topological polar surface area (TPSA) is 42.0 Å². The molecule has 0 spiro atoms.